The van der Waals surface area contributed by atoms with Crippen molar-refractivity contribution in [2.75, 3.05) is 30.9 Å². The van der Waals surface area contributed by atoms with E-state index in [1.54, 1.807) is 0 Å². The number of benzene rings is 1. The number of hydrogen-bond acceptors (Lipinski definition) is 5. The van der Waals surface area contributed by atoms with Gasteiger partial charge in [-0.1, -0.05) is 37.0 Å². The summed E-state index contributed by atoms with van der Waals surface area (Å²) in [6.07, 6.45) is 0. The number of nitrogens with one attached hydrogen (secondary N) is 1. The molecule has 0 fully saturated rings. The third kappa shape index (κ3) is 4.98. The summed E-state index contributed by atoms with van der Waals surface area (Å²) in [4.78, 5) is 41.0. The van der Waals surface area contributed by atoms with Crippen molar-refractivity contribution in [1.29, 1.82) is 0 Å². The lowest BCUT2D eigenvalue weighted by Crippen LogP contribution is -2.43. The van der Waals surface area contributed by atoms with Crippen LogP contribution >= 0.6 is 23.2 Å². The van der Waals surface area contributed by atoms with E-state index in [9.17, 15) is 18.8 Å². The van der Waals surface area contributed by atoms with Crippen molar-refractivity contribution in [3.63, 3.8) is 0 Å². The maximum atomic E-state index is 13.9. The average molecular weight is 447 g/mol. The van der Waals surface area contributed by atoms with Crippen molar-refractivity contribution >= 4 is 40.6 Å². The van der Waals surface area contributed by atoms with Crippen molar-refractivity contribution in [1.82, 2.24) is 9.55 Å². The highest BCUT2D eigenvalue weighted by Crippen LogP contribution is 2.27. The van der Waals surface area contributed by atoms with E-state index < -0.39 is 23.0 Å². The monoisotopic (exact) mass is 446 g/mol. The van der Waals surface area contributed by atoms with Gasteiger partial charge in [0.2, 0.25) is 0 Å². The predicted octanol–water partition coefficient (Wildman–Crippen LogP) is 2.51. The summed E-state index contributed by atoms with van der Waals surface area (Å²) in [6.45, 7) is 3.89. The number of nitrogen functional groups attached to an aromatic ring is 1. The molecule has 1 aromatic carbocycles. The minimum Gasteiger partial charge on any atom is -0.383 e. The zero-order valence-electron chi connectivity index (χ0n) is 16.1. The lowest BCUT2D eigenvalue weighted by atomic mass is 10.1. The topological polar surface area (TPSA) is 110 Å². The second-order valence-corrected chi connectivity index (χ2v) is 7.51. The number of nitrogens with zero attached hydrogens (tertiary/aromatic N) is 2. The number of aromatic nitrogens is 2. The number of amides is 1. The van der Waals surface area contributed by atoms with Crippen molar-refractivity contribution in [2.45, 2.75) is 20.4 Å². The number of methoxy groups -OCH3 is 1. The summed E-state index contributed by atoms with van der Waals surface area (Å²) in [5.41, 5.74) is 4.07. The van der Waals surface area contributed by atoms with Crippen LogP contribution in [-0.4, -0.2) is 35.7 Å². The molecule has 0 saturated heterocycles. The number of anilines is 2. The quantitative estimate of drug-likeness (QED) is 0.634. The fourth-order valence-electron chi connectivity index (χ4n) is 2.71. The van der Waals surface area contributed by atoms with Gasteiger partial charge in [-0.15, -0.1) is 0 Å². The summed E-state index contributed by atoms with van der Waals surface area (Å²) in [7, 11) is 1.41. The second-order valence-electron chi connectivity index (χ2n) is 6.69. The highest BCUT2D eigenvalue weighted by molar-refractivity contribution is 6.37. The first-order valence-electron chi connectivity index (χ1n) is 8.66. The predicted molar refractivity (Wildman–Crippen MR) is 111 cm³/mol. The largest absolute Gasteiger partial charge is 0.383 e. The Labute approximate surface area is 176 Å². The summed E-state index contributed by atoms with van der Waals surface area (Å²) in [6, 6.07) is 1.97. The van der Waals surface area contributed by atoms with E-state index >= 15 is 0 Å². The van der Waals surface area contributed by atoms with Crippen molar-refractivity contribution < 1.29 is 13.9 Å². The Balaban J connectivity index is 2.68. The zero-order valence-corrected chi connectivity index (χ0v) is 17.6. The molecule has 0 bridgehead atoms. The van der Waals surface area contributed by atoms with Gasteiger partial charge in [0.15, 0.2) is 5.69 Å². The molecule has 0 unspecified atom stereocenters. The van der Waals surface area contributed by atoms with Gasteiger partial charge in [-0.2, -0.15) is 0 Å². The van der Waals surface area contributed by atoms with Crippen LogP contribution in [0.2, 0.25) is 10.0 Å². The molecule has 0 aliphatic rings. The van der Waals surface area contributed by atoms with Gasteiger partial charge in [-0.3, -0.25) is 24.0 Å². The van der Waals surface area contributed by atoms with Crippen molar-refractivity contribution in [3.8, 4) is 0 Å². The van der Waals surface area contributed by atoms with E-state index in [4.69, 9.17) is 33.7 Å². The number of aromatic amines is 1. The Bertz CT molecular complexity index is 1040. The van der Waals surface area contributed by atoms with Gasteiger partial charge >= 0.3 is 5.69 Å². The molecule has 3 N–H and O–H groups in total. The van der Waals surface area contributed by atoms with Crippen LogP contribution in [0.1, 0.15) is 24.2 Å². The van der Waals surface area contributed by atoms with E-state index in [2.05, 4.69) is 4.98 Å². The Hall–Kier alpha value is -2.36. The number of H-pyrrole nitrogens is 1. The molecule has 0 saturated carbocycles. The molecular formula is C18H21Cl2FN4O4. The Morgan fingerprint density at radius 1 is 1.31 bits per heavy atom. The minimum atomic E-state index is -0.859. The second kappa shape index (κ2) is 9.43. The number of carbonyl (C=O) groups excluding carboxylic acids is 1. The van der Waals surface area contributed by atoms with Gasteiger partial charge in [0.05, 0.1) is 22.2 Å². The normalized spacial score (nSPS) is 11.1. The fourth-order valence-corrected chi connectivity index (χ4v) is 3.18. The van der Waals surface area contributed by atoms with Crippen LogP contribution in [0.4, 0.5) is 15.9 Å². The highest BCUT2D eigenvalue weighted by Gasteiger charge is 2.27. The van der Waals surface area contributed by atoms with E-state index in [1.165, 1.54) is 11.7 Å². The van der Waals surface area contributed by atoms with Crippen LogP contribution in [0.5, 0.6) is 0 Å². The van der Waals surface area contributed by atoms with E-state index in [-0.39, 0.29) is 52.7 Å². The summed E-state index contributed by atoms with van der Waals surface area (Å²) < 4.78 is 20.1. The van der Waals surface area contributed by atoms with Crippen LogP contribution in [0.15, 0.2) is 21.7 Å². The summed E-state index contributed by atoms with van der Waals surface area (Å²) in [5, 5.41) is -0.354. The lowest BCUT2D eigenvalue weighted by Gasteiger charge is -2.25. The molecule has 29 heavy (non-hydrogen) atoms. The molecule has 1 aromatic heterocycles. The van der Waals surface area contributed by atoms with E-state index in [1.807, 2.05) is 13.8 Å². The van der Waals surface area contributed by atoms with Gasteiger partial charge in [0.25, 0.3) is 11.5 Å². The Kier molecular flexibility index (Phi) is 7.45. The summed E-state index contributed by atoms with van der Waals surface area (Å²) in [5.74, 6) is -1.80. The average Bonchev–Trinajstić information content (AvgIpc) is 2.63. The van der Waals surface area contributed by atoms with E-state index in [0.29, 0.717) is 0 Å². The molecule has 1 amide bonds. The number of halogens is 3. The number of hydrogen-bond donors (Lipinski definition) is 2. The molecule has 11 heteroatoms. The first kappa shape index (κ1) is 22.9. The van der Waals surface area contributed by atoms with Crippen LogP contribution in [0, 0.1) is 11.7 Å². The van der Waals surface area contributed by atoms with Crippen LogP contribution < -0.4 is 21.9 Å². The van der Waals surface area contributed by atoms with Gasteiger partial charge in [-0.05, 0) is 18.1 Å². The van der Waals surface area contributed by atoms with Crippen LogP contribution in [0.3, 0.4) is 0 Å². The van der Waals surface area contributed by atoms with Gasteiger partial charge in [-0.25, -0.2) is 9.18 Å². The van der Waals surface area contributed by atoms with E-state index in [0.717, 1.165) is 17.0 Å². The molecular weight excluding hydrogens is 426 g/mol. The maximum absolute atomic E-state index is 13.9. The van der Waals surface area contributed by atoms with Gasteiger partial charge < -0.3 is 10.5 Å². The highest BCUT2D eigenvalue weighted by atomic mass is 35.5. The molecule has 0 aliphatic carbocycles. The first-order chi connectivity index (χ1) is 13.6. The number of carbonyl (C=O) groups is 1. The molecule has 158 valence electrons. The minimum absolute atomic E-state index is 0.0386. The van der Waals surface area contributed by atoms with Crippen LogP contribution in [-0.2, 0) is 11.3 Å². The number of nitrogens with two attached hydrogens (primary N) is 1. The smallest absolute Gasteiger partial charge is 0.330 e. The molecule has 0 atom stereocenters. The van der Waals surface area contributed by atoms with Gasteiger partial charge in [0.1, 0.15) is 11.6 Å². The van der Waals surface area contributed by atoms with Crippen molar-refractivity contribution in [3.05, 3.63) is 54.4 Å². The third-order valence-electron chi connectivity index (χ3n) is 4.04. The van der Waals surface area contributed by atoms with Gasteiger partial charge in [0, 0.05) is 20.2 Å². The molecule has 2 aromatic rings. The SMILES string of the molecule is COCCN(C(=O)c1cc(F)c(Cl)cc1Cl)c1c(N)n(CC(C)C)c(=O)[nH]c1=O. The Morgan fingerprint density at radius 2 is 1.97 bits per heavy atom. The lowest BCUT2D eigenvalue weighted by molar-refractivity contribution is 0.0975. The summed E-state index contributed by atoms with van der Waals surface area (Å²) >= 11 is 11.8. The zero-order chi connectivity index (χ0) is 21.9. The molecule has 8 nitrogen and oxygen atoms in total. The first-order valence-corrected chi connectivity index (χ1v) is 9.42. The van der Waals surface area contributed by atoms with Crippen LogP contribution in [0.25, 0.3) is 0 Å². The molecule has 0 spiro atoms. The third-order valence-corrected chi connectivity index (χ3v) is 4.64. The van der Waals surface area contributed by atoms with Crippen molar-refractivity contribution in [2.24, 2.45) is 5.92 Å². The maximum Gasteiger partial charge on any atom is 0.330 e. The molecule has 2 rings (SSSR count). The Morgan fingerprint density at radius 3 is 2.55 bits per heavy atom. The number of ether oxygens (including phenoxy) is 1. The number of rotatable bonds is 7. The molecule has 0 aliphatic heterocycles. The molecule has 0 radical (unpaired) electrons. The molecule has 1 heterocycles. The fraction of sp³-hybridized carbons (Fsp3) is 0.389. The standard InChI is InChI=1S/C18H21Cl2FN4O4/c1-9(2)8-25-15(22)14(16(26)23-18(25)28)24(4-5-29-3)17(27)10-6-13(21)12(20)7-11(10)19/h6-7,9H,4-5,8,22H2,1-3H3,(H,23,26,28).